The minimum Gasteiger partial charge on any atom is -0.463 e. The molecule has 0 atom stereocenters. The number of rotatable bonds is 7. The largest absolute Gasteiger partial charge is 0.463 e. The van der Waals surface area contributed by atoms with E-state index in [0.29, 0.717) is 13.0 Å². The molecule has 4 rings (SSSR count). The molecule has 132 valence electrons. The zero-order valence-corrected chi connectivity index (χ0v) is 16.1. The minimum atomic E-state index is -0.454. The summed E-state index contributed by atoms with van der Waals surface area (Å²) in [5.74, 6) is 3.01. The van der Waals surface area contributed by atoms with Crippen LogP contribution in [0.15, 0.2) is 22.2 Å². The Bertz CT molecular complexity index is 545. The number of carbonyl (C=O) groups excluding carboxylic acids is 2. The van der Waals surface area contributed by atoms with Crippen LogP contribution < -0.4 is 0 Å². The predicted molar refractivity (Wildman–Crippen MR) is 97.6 cm³/mol. The van der Waals surface area contributed by atoms with Crippen molar-refractivity contribution in [1.29, 1.82) is 0 Å². The Morgan fingerprint density at radius 2 is 1.67 bits per heavy atom. The van der Waals surface area contributed by atoms with Gasteiger partial charge >= 0.3 is 5.97 Å². The highest BCUT2D eigenvalue weighted by atomic mass is 79.9. The van der Waals surface area contributed by atoms with Gasteiger partial charge < -0.3 is 4.74 Å². The molecule has 0 heterocycles. The lowest BCUT2D eigenvalue weighted by atomic mass is 9.54. The Hall–Kier alpha value is -0.900. The highest BCUT2D eigenvalue weighted by Gasteiger charge is 2.45. The summed E-state index contributed by atoms with van der Waals surface area (Å²) < 4.78 is 6.14. The molecule has 0 radical (unpaired) electrons. The maximum Gasteiger partial charge on any atom is 0.333 e. The Morgan fingerprint density at radius 3 is 2.21 bits per heavy atom. The zero-order valence-electron chi connectivity index (χ0n) is 14.5. The second-order valence-corrected chi connectivity index (χ2v) is 8.66. The van der Waals surface area contributed by atoms with Gasteiger partial charge in [-0.2, -0.15) is 0 Å². The number of ether oxygens (including phenoxy) is 1. The van der Waals surface area contributed by atoms with Crippen LogP contribution in [0.4, 0.5) is 0 Å². The summed E-state index contributed by atoms with van der Waals surface area (Å²) in [5.41, 5.74) is 1.87. The molecule has 4 aliphatic carbocycles. The van der Waals surface area contributed by atoms with E-state index in [1.165, 1.54) is 36.6 Å². The molecule has 4 heteroatoms. The standard InChI is InChI=1S/C20H27BrO3/c1-3-24-20(23)12(2)6-17(22)4-5-18(21)19-15-8-13-7-14(10-15)11-16(19)9-13/h13-16H,2-11H2,1H3. The molecule has 4 saturated carbocycles. The van der Waals surface area contributed by atoms with Gasteiger partial charge in [-0.05, 0) is 73.6 Å². The van der Waals surface area contributed by atoms with Crippen molar-refractivity contribution in [2.75, 3.05) is 6.61 Å². The maximum absolute atomic E-state index is 12.1. The van der Waals surface area contributed by atoms with Crippen LogP contribution in [0.1, 0.15) is 58.3 Å². The Morgan fingerprint density at radius 1 is 1.08 bits per heavy atom. The first-order valence-corrected chi connectivity index (χ1v) is 10.0. The van der Waals surface area contributed by atoms with Gasteiger partial charge in [0.2, 0.25) is 0 Å². The van der Waals surface area contributed by atoms with E-state index in [0.717, 1.165) is 30.1 Å². The van der Waals surface area contributed by atoms with E-state index in [2.05, 4.69) is 22.5 Å². The van der Waals surface area contributed by atoms with Crippen LogP contribution in [0.2, 0.25) is 0 Å². The summed E-state index contributed by atoms with van der Waals surface area (Å²) in [7, 11) is 0. The number of halogens is 1. The summed E-state index contributed by atoms with van der Waals surface area (Å²) in [6.45, 7) is 5.74. The lowest BCUT2D eigenvalue weighted by Crippen LogP contribution is -2.40. The van der Waals surface area contributed by atoms with E-state index in [1.807, 2.05) is 0 Å². The molecule has 4 fully saturated rings. The van der Waals surface area contributed by atoms with Crippen molar-refractivity contribution in [3.8, 4) is 0 Å². The average Bonchev–Trinajstić information content (AvgIpc) is 2.52. The first kappa shape index (κ1) is 17.9. The Kier molecular flexibility index (Phi) is 5.63. The molecule has 0 aromatic heterocycles. The smallest absolute Gasteiger partial charge is 0.333 e. The van der Waals surface area contributed by atoms with Crippen molar-refractivity contribution in [1.82, 2.24) is 0 Å². The van der Waals surface area contributed by atoms with Gasteiger partial charge in [-0.15, -0.1) is 0 Å². The number of esters is 1. The highest BCUT2D eigenvalue weighted by molar-refractivity contribution is 9.11. The Labute approximate surface area is 153 Å². The van der Waals surface area contributed by atoms with Gasteiger partial charge in [0.25, 0.3) is 0 Å². The molecule has 0 amide bonds. The topological polar surface area (TPSA) is 43.4 Å². The van der Waals surface area contributed by atoms with E-state index in [9.17, 15) is 9.59 Å². The summed E-state index contributed by atoms with van der Waals surface area (Å²) in [6, 6.07) is 0. The van der Waals surface area contributed by atoms with Gasteiger partial charge in [0, 0.05) is 18.4 Å². The first-order chi connectivity index (χ1) is 11.5. The molecule has 0 aliphatic heterocycles. The number of hydrogen-bond donors (Lipinski definition) is 0. The lowest BCUT2D eigenvalue weighted by Gasteiger charge is -2.52. The first-order valence-electron chi connectivity index (χ1n) is 9.22. The highest BCUT2D eigenvalue weighted by Crippen LogP contribution is 2.57. The molecule has 3 nitrogen and oxygen atoms in total. The number of allylic oxidation sites excluding steroid dienone is 2. The van der Waals surface area contributed by atoms with Gasteiger partial charge in [-0.3, -0.25) is 4.79 Å². The van der Waals surface area contributed by atoms with E-state index in [4.69, 9.17) is 4.74 Å². The fraction of sp³-hybridized carbons (Fsp3) is 0.700. The molecular formula is C20H27BrO3. The molecule has 0 spiro atoms. The van der Waals surface area contributed by atoms with E-state index in [-0.39, 0.29) is 17.8 Å². The fourth-order valence-electron chi connectivity index (χ4n) is 5.16. The van der Waals surface area contributed by atoms with Gasteiger partial charge in [0.05, 0.1) is 6.61 Å². The van der Waals surface area contributed by atoms with Crippen molar-refractivity contribution in [3.63, 3.8) is 0 Å². The van der Waals surface area contributed by atoms with Crippen molar-refractivity contribution >= 4 is 27.7 Å². The molecule has 24 heavy (non-hydrogen) atoms. The Balaban J connectivity index is 1.53. The van der Waals surface area contributed by atoms with Gasteiger partial charge in [0.15, 0.2) is 0 Å². The van der Waals surface area contributed by atoms with Gasteiger partial charge in [0.1, 0.15) is 5.78 Å². The molecular weight excluding hydrogens is 368 g/mol. The summed E-state index contributed by atoms with van der Waals surface area (Å²) in [5, 5.41) is 0. The number of hydrogen-bond acceptors (Lipinski definition) is 3. The van der Waals surface area contributed by atoms with E-state index >= 15 is 0 Å². The molecule has 4 bridgehead atoms. The van der Waals surface area contributed by atoms with Crippen LogP contribution >= 0.6 is 15.9 Å². The van der Waals surface area contributed by atoms with Gasteiger partial charge in [-0.25, -0.2) is 4.79 Å². The SMILES string of the molecule is C=C(CC(=O)CCC(Br)=C1C2CC3CC(C2)CC1C3)C(=O)OCC. The van der Waals surface area contributed by atoms with Crippen LogP contribution in [-0.4, -0.2) is 18.4 Å². The third-order valence-corrected chi connectivity index (χ3v) is 6.78. The summed E-state index contributed by atoms with van der Waals surface area (Å²) in [4.78, 5) is 23.7. The fourth-order valence-corrected chi connectivity index (χ4v) is 6.01. The van der Waals surface area contributed by atoms with Crippen molar-refractivity contribution in [2.45, 2.75) is 58.3 Å². The molecule has 0 unspecified atom stereocenters. The quantitative estimate of drug-likeness (QED) is 0.453. The number of carbonyl (C=O) groups is 2. The summed E-state index contributed by atoms with van der Waals surface area (Å²) >= 11 is 3.79. The van der Waals surface area contributed by atoms with Crippen molar-refractivity contribution < 1.29 is 14.3 Å². The van der Waals surface area contributed by atoms with Crippen LogP contribution in [0.3, 0.4) is 0 Å². The monoisotopic (exact) mass is 394 g/mol. The molecule has 0 aromatic rings. The molecule has 0 aromatic carbocycles. The zero-order chi connectivity index (χ0) is 17.3. The molecule has 4 aliphatic rings. The van der Waals surface area contributed by atoms with Crippen LogP contribution in [0.25, 0.3) is 0 Å². The van der Waals surface area contributed by atoms with Crippen molar-refractivity contribution in [2.24, 2.45) is 23.7 Å². The molecule has 0 saturated heterocycles. The van der Waals surface area contributed by atoms with Crippen LogP contribution in [0.5, 0.6) is 0 Å². The average molecular weight is 395 g/mol. The van der Waals surface area contributed by atoms with Gasteiger partial charge in [-0.1, -0.05) is 28.1 Å². The summed E-state index contributed by atoms with van der Waals surface area (Å²) in [6.07, 6.45) is 8.19. The normalized spacial score (nSPS) is 30.3. The third-order valence-electron chi connectivity index (χ3n) is 5.93. The second-order valence-electron chi connectivity index (χ2n) is 7.70. The molecule has 0 N–H and O–H groups in total. The third kappa shape index (κ3) is 3.84. The number of ketones is 1. The van der Waals surface area contributed by atoms with E-state index in [1.54, 1.807) is 12.5 Å². The predicted octanol–water partition coefficient (Wildman–Crippen LogP) is 4.95. The van der Waals surface area contributed by atoms with Crippen molar-refractivity contribution in [3.05, 3.63) is 22.2 Å². The second kappa shape index (κ2) is 7.55. The van der Waals surface area contributed by atoms with Crippen LogP contribution in [0, 0.1) is 23.7 Å². The number of Topliss-reactive ketones (excluding diaryl/α,β-unsaturated/α-hetero) is 1. The maximum atomic E-state index is 12.1. The van der Waals surface area contributed by atoms with Crippen LogP contribution in [-0.2, 0) is 14.3 Å². The minimum absolute atomic E-state index is 0.0643. The van der Waals surface area contributed by atoms with E-state index < -0.39 is 5.97 Å². The lowest BCUT2D eigenvalue weighted by molar-refractivity contribution is -0.139.